The van der Waals surface area contributed by atoms with Gasteiger partial charge in [-0.05, 0) is 32.4 Å². The van der Waals surface area contributed by atoms with Crippen LogP contribution in [0.3, 0.4) is 0 Å². The van der Waals surface area contributed by atoms with E-state index in [1.807, 2.05) is 18.2 Å². The van der Waals surface area contributed by atoms with Crippen molar-refractivity contribution in [1.29, 1.82) is 0 Å². The third-order valence-electron chi connectivity index (χ3n) is 2.46. The molecule has 1 aromatic rings. The van der Waals surface area contributed by atoms with Gasteiger partial charge in [-0.15, -0.1) is 0 Å². The average Bonchev–Trinajstić information content (AvgIpc) is 2.25. The highest BCUT2D eigenvalue weighted by molar-refractivity contribution is 5.75. The molecule has 15 heavy (non-hydrogen) atoms. The van der Waals surface area contributed by atoms with Crippen molar-refractivity contribution in [2.24, 2.45) is 0 Å². The fourth-order valence-corrected chi connectivity index (χ4v) is 1.52. The summed E-state index contributed by atoms with van der Waals surface area (Å²) in [6, 6.07) is 10.7. The van der Waals surface area contributed by atoms with Gasteiger partial charge in [0.05, 0.1) is 0 Å². The predicted molar refractivity (Wildman–Crippen MR) is 62.8 cm³/mol. The van der Waals surface area contributed by atoms with E-state index in [1.165, 1.54) is 5.56 Å². The molecule has 1 rings (SSSR count). The first kappa shape index (κ1) is 11.9. The van der Waals surface area contributed by atoms with Crippen LogP contribution in [0.1, 0.15) is 38.3 Å². The van der Waals surface area contributed by atoms with Gasteiger partial charge in [-0.1, -0.05) is 30.3 Å². The number of Topliss-reactive ketones (excluding diaryl/α,β-unsaturated/α-hetero) is 1. The van der Waals surface area contributed by atoms with Crippen molar-refractivity contribution in [2.75, 3.05) is 6.54 Å². The Bertz CT molecular complexity index is 295. The normalized spacial score (nSPS) is 12.4. The second-order valence-corrected chi connectivity index (χ2v) is 3.89. The van der Waals surface area contributed by atoms with Crippen molar-refractivity contribution in [1.82, 2.24) is 5.32 Å². The van der Waals surface area contributed by atoms with Crippen LogP contribution in [0, 0.1) is 0 Å². The zero-order valence-electron chi connectivity index (χ0n) is 9.49. The van der Waals surface area contributed by atoms with Crippen molar-refractivity contribution in [3.63, 3.8) is 0 Å². The lowest BCUT2D eigenvalue weighted by Crippen LogP contribution is -2.20. The Hall–Kier alpha value is -1.15. The van der Waals surface area contributed by atoms with Crippen molar-refractivity contribution in [3.8, 4) is 0 Å². The molecule has 1 N–H and O–H groups in total. The van der Waals surface area contributed by atoms with Crippen LogP contribution in [0.25, 0.3) is 0 Å². The van der Waals surface area contributed by atoms with Gasteiger partial charge >= 0.3 is 0 Å². The van der Waals surface area contributed by atoms with Crippen LogP contribution in [-0.2, 0) is 4.79 Å². The van der Waals surface area contributed by atoms with Crippen molar-refractivity contribution in [3.05, 3.63) is 35.9 Å². The molecule has 0 bridgehead atoms. The number of benzene rings is 1. The van der Waals surface area contributed by atoms with E-state index in [9.17, 15) is 4.79 Å². The first-order valence-corrected chi connectivity index (χ1v) is 5.48. The van der Waals surface area contributed by atoms with Gasteiger partial charge in [0.25, 0.3) is 0 Å². The van der Waals surface area contributed by atoms with Crippen molar-refractivity contribution < 1.29 is 4.79 Å². The van der Waals surface area contributed by atoms with Gasteiger partial charge in [0.1, 0.15) is 5.78 Å². The van der Waals surface area contributed by atoms with E-state index in [-0.39, 0.29) is 5.78 Å². The highest BCUT2D eigenvalue weighted by Gasteiger charge is 2.02. The monoisotopic (exact) mass is 205 g/mol. The lowest BCUT2D eigenvalue weighted by Gasteiger charge is -2.13. The van der Waals surface area contributed by atoms with E-state index in [0.717, 1.165) is 13.0 Å². The molecule has 0 fully saturated rings. The van der Waals surface area contributed by atoms with E-state index in [0.29, 0.717) is 12.5 Å². The second kappa shape index (κ2) is 6.36. The molecule has 0 spiro atoms. The lowest BCUT2D eigenvalue weighted by atomic mass is 10.1. The predicted octanol–water partition coefficient (Wildman–Crippen LogP) is 2.71. The third kappa shape index (κ3) is 4.75. The zero-order chi connectivity index (χ0) is 11.1. The number of rotatable bonds is 6. The van der Waals surface area contributed by atoms with Crippen molar-refractivity contribution in [2.45, 2.75) is 32.7 Å². The molecule has 0 aliphatic rings. The Morgan fingerprint density at radius 3 is 2.60 bits per heavy atom. The Balaban J connectivity index is 2.25. The van der Waals surface area contributed by atoms with Gasteiger partial charge in [-0.3, -0.25) is 0 Å². The molecule has 0 aliphatic carbocycles. The summed E-state index contributed by atoms with van der Waals surface area (Å²) in [5, 5.41) is 3.40. The fourth-order valence-electron chi connectivity index (χ4n) is 1.52. The quantitative estimate of drug-likeness (QED) is 0.723. The molecular weight excluding hydrogens is 186 g/mol. The van der Waals surface area contributed by atoms with Crippen LogP contribution < -0.4 is 5.32 Å². The Morgan fingerprint density at radius 1 is 1.33 bits per heavy atom. The van der Waals surface area contributed by atoms with E-state index in [4.69, 9.17) is 0 Å². The molecule has 0 saturated carbocycles. The molecule has 0 heterocycles. The number of nitrogens with one attached hydrogen (secondary N) is 1. The molecule has 1 atom stereocenters. The van der Waals surface area contributed by atoms with Gasteiger partial charge in [0.15, 0.2) is 0 Å². The minimum atomic E-state index is 0.268. The van der Waals surface area contributed by atoms with Crippen LogP contribution in [0.2, 0.25) is 0 Å². The maximum absolute atomic E-state index is 10.7. The summed E-state index contributed by atoms with van der Waals surface area (Å²) in [7, 11) is 0. The largest absolute Gasteiger partial charge is 0.310 e. The molecule has 2 nitrogen and oxygen atoms in total. The molecule has 0 radical (unpaired) electrons. The van der Waals surface area contributed by atoms with E-state index in [1.54, 1.807) is 6.92 Å². The molecular formula is C13H19NO. The van der Waals surface area contributed by atoms with E-state index >= 15 is 0 Å². The molecule has 0 saturated heterocycles. The van der Waals surface area contributed by atoms with Gasteiger partial charge in [-0.25, -0.2) is 0 Å². The number of ketones is 1. The minimum Gasteiger partial charge on any atom is -0.310 e. The molecule has 1 aromatic carbocycles. The van der Waals surface area contributed by atoms with Gasteiger partial charge in [0.2, 0.25) is 0 Å². The summed E-state index contributed by atoms with van der Waals surface area (Å²) in [4.78, 5) is 10.7. The van der Waals surface area contributed by atoms with Gasteiger partial charge < -0.3 is 10.1 Å². The van der Waals surface area contributed by atoms with E-state index < -0.39 is 0 Å². The SMILES string of the molecule is CC(=O)CCCNC(C)c1ccccc1. The first-order valence-electron chi connectivity index (χ1n) is 5.48. The molecule has 82 valence electrons. The summed E-state index contributed by atoms with van der Waals surface area (Å²) in [5.41, 5.74) is 1.29. The molecule has 0 aliphatic heterocycles. The highest BCUT2D eigenvalue weighted by atomic mass is 16.1. The number of hydrogen-bond donors (Lipinski definition) is 1. The summed E-state index contributed by atoms with van der Waals surface area (Å²) < 4.78 is 0. The fraction of sp³-hybridized carbons (Fsp3) is 0.462. The summed E-state index contributed by atoms with van der Waals surface area (Å²) >= 11 is 0. The van der Waals surface area contributed by atoms with Crippen molar-refractivity contribution >= 4 is 5.78 Å². The topological polar surface area (TPSA) is 29.1 Å². The van der Waals surface area contributed by atoms with Gasteiger partial charge in [-0.2, -0.15) is 0 Å². The third-order valence-corrected chi connectivity index (χ3v) is 2.46. The number of carbonyl (C=O) groups excluding carboxylic acids is 1. The van der Waals surface area contributed by atoms with E-state index in [2.05, 4.69) is 24.4 Å². The Kier molecular flexibility index (Phi) is 5.05. The summed E-state index contributed by atoms with van der Waals surface area (Å²) in [6.07, 6.45) is 1.60. The minimum absolute atomic E-state index is 0.268. The smallest absolute Gasteiger partial charge is 0.129 e. The lowest BCUT2D eigenvalue weighted by molar-refractivity contribution is -0.117. The van der Waals surface area contributed by atoms with Crippen LogP contribution in [-0.4, -0.2) is 12.3 Å². The maximum Gasteiger partial charge on any atom is 0.129 e. The second-order valence-electron chi connectivity index (χ2n) is 3.89. The van der Waals surface area contributed by atoms with Gasteiger partial charge in [0, 0.05) is 12.5 Å². The maximum atomic E-state index is 10.7. The first-order chi connectivity index (χ1) is 7.20. The molecule has 0 amide bonds. The van der Waals surface area contributed by atoms with Crippen LogP contribution in [0.15, 0.2) is 30.3 Å². The Labute approximate surface area is 91.7 Å². The van der Waals surface area contributed by atoms with Crippen LogP contribution >= 0.6 is 0 Å². The van der Waals surface area contributed by atoms with Crippen LogP contribution in [0.5, 0.6) is 0 Å². The zero-order valence-corrected chi connectivity index (χ0v) is 9.49. The number of hydrogen-bond acceptors (Lipinski definition) is 2. The molecule has 0 aromatic heterocycles. The van der Waals surface area contributed by atoms with Crippen LogP contribution in [0.4, 0.5) is 0 Å². The molecule has 1 unspecified atom stereocenters. The Morgan fingerprint density at radius 2 is 2.00 bits per heavy atom. The molecule has 2 heteroatoms. The standard InChI is InChI=1S/C13H19NO/c1-11(15)7-6-10-14-12(2)13-8-4-3-5-9-13/h3-5,8-9,12,14H,6-7,10H2,1-2H3. The highest BCUT2D eigenvalue weighted by Crippen LogP contribution is 2.10. The summed E-state index contributed by atoms with van der Waals surface area (Å²) in [5.74, 6) is 0.268. The number of carbonyl (C=O) groups is 1. The average molecular weight is 205 g/mol. The summed E-state index contributed by atoms with van der Waals surface area (Å²) in [6.45, 7) is 4.68.